The van der Waals surface area contributed by atoms with Crippen LogP contribution in [0.5, 0.6) is 11.5 Å². The number of benzene rings is 2. The van der Waals surface area contributed by atoms with Gasteiger partial charge in [-0.25, -0.2) is 4.39 Å². The Morgan fingerprint density at radius 3 is 2.83 bits per heavy atom. The second kappa shape index (κ2) is 8.02. The van der Waals surface area contributed by atoms with E-state index in [1.165, 1.54) is 11.0 Å². The molecule has 2 heterocycles. The highest BCUT2D eigenvalue weighted by Crippen LogP contribution is 2.31. The Morgan fingerprint density at radius 1 is 1.27 bits per heavy atom. The maximum atomic E-state index is 14.2. The summed E-state index contributed by atoms with van der Waals surface area (Å²) in [6.07, 6.45) is 0.0422. The summed E-state index contributed by atoms with van der Waals surface area (Å²) in [6.45, 7) is 0.425. The Bertz CT molecular complexity index is 1110. The molecule has 156 valence electrons. The largest absolute Gasteiger partial charge is 0.493 e. The third-order valence-electron chi connectivity index (χ3n) is 5.19. The van der Waals surface area contributed by atoms with Gasteiger partial charge >= 0.3 is 0 Å². The van der Waals surface area contributed by atoms with Gasteiger partial charge in [0.25, 0.3) is 0 Å². The van der Waals surface area contributed by atoms with Gasteiger partial charge in [0.1, 0.15) is 5.82 Å². The molecule has 1 unspecified atom stereocenters. The van der Waals surface area contributed by atoms with E-state index in [1.807, 2.05) is 6.07 Å². The van der Waals surface area contributed by atoms with E-state index in [2.05, 4.69) is 15.5 Å². The molecule has 2 N–H and O–H groups in total. The molecular formula is C21H21FN4O4. The molecule has 1 atom stereocenters. The van der Waals surface area contributed by atoms with Crippen LogP contribution in [0.1, 0.15) is 12.0 Å². The summed E-state index contributed by atoms with van der Waals surface area (Å²) in [5, 5.41) is 9.92. The minimum Gasteiger partial charge on any atom is -0.493 e. The molecule has 0 saturated carbocycles. The lowest BCUT2D eigenvalue weighted by atomic mass is 10.1. The van der Waals surface area contributed by atoms with Crippen LogP contribution in [-0.2, 0) is 16.1 Å². The molecule has 3 aromatic rings. The number of fused-ring (bicyclic) bond motifs is 1. The van der Waals surface area contributed by atoms with Crippen molar-refractivity contribution in [1.82, 2.24) is 15.5 Å². The van der Waals surface area contributed by atoms with Crippen molar-refractivity contribution in [3.05, 3.63) is 47.8 Å². The zero-order valence-corrected chi connectivity index (χ0v) is 16.6. The molecular weight excluding hydrogens is 391 g/mol. The maximum absolute atomic E-state index is 14.2. The number of nitrogens with zero attached hydrogens (tertiary/aromatic N) is 2. The van der Waals surface area contributed by atoms with Crippen LogP contribution in [-0.4, -0.2) is 42.8 Å². The SMILES string of the molecule is COc1ccc(CNC(=O)C2CC(=O)N(c3n[nH]c4cccc(F)c34)C2)cc1OC. The number of anilines is 1. The van der Waals surface area contributed by atoms with Crippen molar-refractivity contribution in [3.8, 4) is 11.5 Å². The van der Waals surface area contributed by atoms with Crippen LogP contribution in [0.4, 0.5) is 10.2 Å². The molecule has 1 saturated heterocycles. The van der Waals surface area contributed by atoms with Gasteiger partial charge in [-0.3, -0.25) is 19.6 Å². The topological polar surface area (TPSA) is 96.5 Å². The minimum absolute atomic E-state index is 0.0422. The summed E-state index contributed by atoms with van der Waals surface area (Å²) in [5.41, 5.74) is 1.33. The van der Waals surface area contributed by atoms with Gasteiger partial charge < -0.3 is 14.8 Å². The average molecular weight is 412 g/mol. The van der Waals surface area contributed by atoms with Crippen molar-refractivity contribution in [2.45, 2.75) is 13.0 Å². The normalized spacial score (nSPS) is 16.2. The molecule has 0 radical (unpaired) electrons. The number of methoxy groups -OCH3 is 2. The summed E-state index contributed by atoms with van der Waals surface area (Å²) < 4.78 is 24.7. The van der Waals surface area contributed by atoms with E-state index >= 15 is 0 Å². The fourth-order valence-corrected chi connectivity index (χ4v) is 3.62. The molecule has 1 aliphatic rings. The van der Waals surface area contributed by atoms with E-state index < -0.39 is 11.7 Å². The highest BCUT2D eigenvalue weighted by atomic mass is 19.1. The minimum atomic E-state index is -0.545. The Kier molecular flexibility index (Phi) is 5.26. The van der Waals surface area contributed by atoms with Crippen LogP contribution in [0.2, 0.25) is 0 Å². The fraction of sp³-hybridized carbons (Fsp3) is 0.286. The van der Waals surface area contributed by atoms with E-state index in [9.17, 15) is 14.0 Å². The van der Waals surface area contributed by atoms with Crippen molar-refractivity contribution < 1.29 is 23.5 Å². The summed E-state index contributed by atoms with van der Waals surface area (Å²) in [5.74, 6) is -0.147. The number of hydrogen-bond acceptors (Lipinski definition) is 5. The second-order valence-corrected chi connectivity index (χ2v) is 7.02. The third kappa shape index (κ3) is 3.54. The number of halogens is 1. The summed E-state index contributed by atoms with van der Waals surface area (Å²) in [7, 11) is 3.09. The molecule has 2 amide bonds. The molecule has 0 bridgehead atoms. The zero-order chi connectivity index (χ0) is 21.3. The van der Waals surface area contributed by atoms with Crippen molar-refractivity contribution in [1.29, 1.82) is 0 Å². The highest BCUT2D eigenvalue weighted by Gasteiger charge is 2.37. The van der Waals surface area contributed by atoms with Gasteiger partial charge in [0.15, 0.2) is 17.3 Å². The summed E-state index contributed by atoms with van der Waals surface area (Å²) in [6, 6.07) is 9.93. The first-order chi connectivity index (χ1) is 14.5. The van der Waals surface area contributed by atoms with Crippen LogP contribution in [0.25, 0.3) is 10.9 Å². The number of carbonyl (C=O) groups excluding carboxylic acids is 2. The van der Waals surface area contributed by atoms with Crippen LogP contribution < -0.4 is 19.7 Å². The summed E-state index contributed by atoms with van der Waals surface area (Å²) in [4.78, 5) is 26.5. The summed E-state index contributed by atoms with van der Waals surface area (Å²) >= 11 is 0. The first kappa shape index (κ1) is 19.7. The number of rotatable bonds is 6. The zero-order valence-electron chi connectivity index (χ0n) is 16.6. The number of aromatic nitrogens is 2. The number of aromatic amines is 1. The number of H-pyrrole nitrogens is 1. The third-order valence-corrected chi connectivity index (χ3v) is 5.19. The van der Waals surface area contributed by atoms with E-state index in [0.29, 0.717) is 17.0 Å². The fourth-order valence-electron chi connectivity index (χ4n) is 3.62. The lowest BCUT2D eigenvalue weighted by Crippen LogP contribution is -2.32. The predicted octanol–water partition coefficient (Wildman–Crippen LogP) is 2.39. The Labute approximate surface area is 172 Å². The van der Waals surface area contributed by atoms with Crippen LogP contribution in [0, 0.1) is 11.7 Å². The quantitative estimate of drug-likeness (QED) is 0.648. The van der Waals surface area contributed by atoms with Crippen LogP contribution >= 0.6 is 0 Å². The molecule has 2 aromatic carbocycles. The van der Waals surface area contributed by atoms with Gasteiger partial charge in [-0.05, 0) is 29.8 Å². The first-order valence-corrected chi connectivity index (χ1v) is 9.43. The molecule has 0 spiro atoms. The number of amides is 2. The van der Waals surface area contributed by atoms with E-state index in [4.69, 9.17) is 9.47 Å². The molecule has 1 aromatic heterocycles. The lowest BCUT2D eigenvalue weighted by molar-refractivity contribution is -0.126. The van der Waals surface area contributed by atoms with Crippen molar-refractivity contribution in [2.24, 2.45) is 5.92 Å². The van der Waals surface area contributed by atoms with Gasteiger partial charge in [0, 0.05) is 19.5 Å². The Balaban J connectivity index is 1.44. The van der Waals surface area contributed by atoms with Gasteiger partial charge in [-0.2, -0.15) is 5.10 Å². The molecule has 8 nitrogen and oxygen atoms in total. The first-order valence-electron chi connectivity index (χ1n) is 9.43. The van der Waals surface area contributed by atoms with Crippen LogP contribution in [0.15, 0.2) is 36.4 Å². The van der Waals surface area contributed by atoms with Crippen molar-refractivity contribution >= 4 is 28.5 Å². The number of carbonyl (C=O) groups is 2. The van der Waals surface area contributed by atoms with E-state index in [0.717, 1.165) is 5.56 Å². The molecule has 1 fully saturated rings. The average Bonchev–Trinajstić information content (AvgIpc) is 3.36. The monoisotopic (exact) mass is 412 g/mol. The molecule has 30 heavy (non-hydrogen) atoms. The number of ether oxygens (including phenoxy) is 2. The maximum Gasteiger partial charge on any atom is 0.229 e. The van der Waals surface area contributed by atoms with Gasteiger partial charge in [-0.15, -0.1) is 0 Å². The van der Waals surface area contributed by atoms with Crippen molar-refractivity contribution in [2.75, 3.05) is 25.7 Å². The van der Waals surface area contributed by atoms with E-state index in [1.54, 1.807) is 38.5 Å². The molecule has 9 heteroatoms. The smallest absolute Gasteiger partial charge is 0.229 e. The second-order valence-electron chi connectivity index (χ2n) is 7.02. The van der Waals surface area contributed by atoms with E-state index in [-0.39, 0.29) is 42.5 Å². The van der Waals surface area contributed by atoms with Crippen molar-refractivity contribution in [3.63, 3.8) is 0 Å². The Morgan fingerprint density at radius 2 is 2.07 bits per heavy atom. The lowest BCUT2D eigenvalue weighted by Gasteiger charge is -2.15. The number of hydrogen-bond donors (Lipinski definition) is 2. The van der Waals surface area contributed by atoms with Gasteiger partial charge in [0.2, 0.25) is 11.8 Å². The molecule has 4 rings (SSSR count). The standard InChI is InChI=1S/C21H21FN4O4/c1-29-16-7-6-12(8-17(16)30-2)10-23-21(28)13-9-18(27)26(11-13)20-19-14(22)4-3-5-15(19)24-25-20/h3-8,13H,9-11H2,1-2H3,(H,23,28)(H,24,25). The Hall–Kier alpha value is -3.62. The predicted molar refractivity (Wildman–Crippen MR) is 108 cm³/mol. The number of nitrogens with one attached hydrogen (secondary N) is 2. The van der Waals surface area contributed by atoms with Gasteiger partial charge in [0.05, 0.1) is 31.0 Å². The van der Waals surface area contributed by atoms with Crippen LogP contribution in [0.3, 0.4) is 0 Å². The van der Waals surface area contributed by atoms with Gasteiger partial charge in [-0.1, -0.05) is 12.1 Å². The molecule has 0 aliphatic carbocycles. The molecule has 1 aliphatic heterocycles. The highest BCUT2D eigenvalue weighted by molar-refractivity contribution is 6.05.